The van der Waals surface area contributed by atoms with Gasteiger partial charge in [0, 0.05) is 29.5 Å². The molecular weight excluding hydrogens is 478 g/mol. The Morgan fingerprint density at radius 2 is 2.06 bits per heavy atom. The predicted octanol–water partition coefficient (Wildman–Crippen LogP) is 4.79. The van der Waals surface area contributed by atoms with Crippen molar-refractivity contribution in [3.63, 3.8) is 0 Å². The molecule has 1 aliphatic rings. The van der Waals surface area contributed by atoms with Gasteiger partial charge in [0.05, 0.1) is 52.9 Å². The number of rotatable bonds is 6. The molecule has 35 heavy (non-hydrogen) atoms. The lowest BCUT2D eigenvalue weighted by atomic mass is 9.99. The zero-order valence-electron chi connectivity index (χ0n) is 18.0. The van der Waals surface area contributed by atoms with Gasteiger partial charge in [0.1, 0.15) is 11.8 Å². The molecule has 0 spiro atoms. The minimum absolute atomic E-state index is 0.162. The van der Waals surface area contributed by atoms with Crippen molar-refractivity contribution in [2.75, 3.05) is 23.8 Å². The first kappa shape index (κ1) is 22.6. The molecule has 1 aliphatic heterocycles. The van der Waals surface area contributed by atoms with Crippen molar-refractivity contribution in [2.45, 2.75) is 12.5 Å². The molecule has 0 fully saturated rings. The number of ether oxygens (including phenoxy) is 1. The van der Waals surface area contributed by atoms with Gasteiger partial charge in [0.2, 0.25) is 5.95 Å². The monoisotopic (exact) mass is 494 g/mol. The molecule has 0 bridgehead atoms. The number of pyridine rings is 2. The van der Waals surface area contributed by atoms with E-state index in [1.165, 1.54) is 6.20 Å². The Kier molecular flexibility index (Phi) is 6.22. The summed E-state index contributed by atoms with van der Waals surface area (Å²) in [6.45, 7) is 1.09. The number of nitriles is 1. The number of hydrogen-bond acceptors (Lipinski definition) is 8. The number of hydrogen-bond donors (Lipinski definition) is 3. The van der Waals surface area contributed by atoms with Gasteiger partial charge in [-0.2, -0.15) is 9.65 Å². The molecule has 0 radical (unpaired) electrons. The van der Waals surface area contributed by atoms with Gasteiger partial charge in [-0.15, -0.1) is 5.10 Å². The van der Waals surface area contributed by atoms with Crippen molar-refractivity contribution in [2.24, 2.45) is 0 Å². The van der Waals surface area contributed by atoms with Crippen LogP contribution in [0.15, 0.2) is 48.4 Å². The number of fused-ring (bicyclic) bond motifs is 1. The Bertz CT molecular complexity index is 1470. The molecule has 1 atom stereocenters. The van der Waals surface area contributed by atoms with Crippen molar-refractivity contribution in [1.82, 2.24) is 25.4 Å². The van der Waals surface area contributed by atoms with Gasteiger partial charge in [-0.3, -0.25) is 10.1 Å². The van der Waals surface area contributed by atoms with Gasteiger partial charge in [0.15, 0.2) is 5.82 Å². The largest absolute Gasteiger partial charge is 0.377 e. The van der Waals surface area contributed by atoms with E-state index in [2.05, 4.69) is 42.1 Å². The van der Waals surface area contributed by atoms with Crippen molar-refractivity contribution in [3.8, 4) is 6.07 Å². The molecule has 0 saturated carbocycles. The number of anilines is 3. The maximum Gasteiger partial charge on any atom is 0.249 e. The van der Waals surface area contributed by atoms with E-state index in [-0.39, 0.29) is 17.3 Å². The Morgan fingerprint density at radius 3 is 2.77 bits per heavy atom. The molecule has 4 aromatic rings. The second-order valence-corrected chi connectivity index (χ2v) is 8.12. The third-order valence-electron chi connectivity index (χ3n) is 5.52. The molecule has 1 aromatic carbocycles. The highest BCUT2D eigenvalue weighted by Gasteiger charge is 2.22. The van der Waals surface area contributed by atoms with Gasteiger partial charge in [-0.1, -0.05) is 22.9 Å². The Labute approximate surface area is 202 Å². The first-order chi connectivity index (χ1) is 17.0. The second kappa shape index (κ2) is 9.61. The summed E-state index contributed by atoms with van der Waals surface area (Å²) in [5, 5.41) is 27.6. The van der Waals surface area contributed by atoms with Crippen molar-refractivity contribution >= 4 is 39.6 Å². The molecule has 3 aromatic heterocycles. The van der Waals surface area contributed by atoms with Crippen LogP contribution in [0.4, 0.5) is 25.8 Å². The number of aromatic amines is 1. The first-order valence-corrected chi connectivity index (χ1v) is 10.9. The fourth-order valence-electron chi connectivity index (χ4n) is 3.87. The van der Waals surface area contributed by atoms with E-state index in [9.17, 15) is 14.0 Å². The van der Waals surface area contributed by atoms with Crippen LogP contribution in [-0.4, -0.2) is 38.6 Å². The van der Waals surface area contributed by atoms with Crippen molar-refractivity contribution < 1.29 is 13.5 Å². The third-order valence-corrected chi connectivity index (χ3v) is 5.81. The molecule has 0 amide bonds. The second-order valence-electron chi connectivity index (χ2n) is 7.71. The van der Waals surface area contributed by atoms with E-state index in [1.807, 2.05) is 6.08 Å². The maximum absolute atomic E-state index is 13.7. The van der Waals surface area contributed by atoms with Crippen LogP contribution in [-0.2, 0) is 4.74 Å². The molecule has 9 nitrogen and oxygen atoms in total. The molecule has 12 heteroatoms. The summed E-state index contributed by atoms with van der Waals surface area (Å²) >= 11 is 6.57. The lowest BCUT2D eigenvalue weighted by Gasteiger charge is -2.24. The van der Waals surface area contributed by atoms with Crippen LogP contribution in [0.5, 0.6) is 0 Å². The topological polar surface area (TPSA) is 124 Å². The number of nitrogens with zero attached hydrogens (tertiary/aromatic N) is 5. The van der Waals surface area contributed by atoms with Crippen LogP contribution in [0, 0.1) is 23.1 Å². The summed E-state index contributed by atoms with van der Waals surface area (Å²) in [5.41, 5.74) is 3.51. The van der Waals surface area contributed by atoms with Crippen LogP contribution in [0.2, 0.25) is 5.02 Å². The summed E-state index contributed by atoms with van der Waals surface area (Å²) in [5.74, 6) is -2.33. The molecule has 176 valence electrons. The van der Waals surface area contributed by atoms with Gasteiger partial charge in [-0.05, 0) is 24.1 Å². The third kappa shape index (κ3) is 4.62. The van der Waals surface area contributed by atoms with Crippen LogP contribution in [0.25, 0.3) is 10.9 Å². The van der Waals surface area contributed by atoms with Gasteiger partial charge < -0.3 is 15.4 Å². The van der Waals surface area contributed by atoms with Crippen LogP contribution < -0.4 is 10.6 Å². The van der Waals surface area contributed by atoms with Gasteiger partial charge in [-0.25, -0.2) is 9.37 Å². The van der Waals surface area contributed by atoms with Crippen LogP contribution >= 0.6 is 11.6 Å². The molecule has 4 heterocycles. The Morgan fingerprint density at radius 1 is 1.17 bits per heavy atom. The molecule has 5 rings (SSSR count). The quantitative estimate of drug-likeness (QED) is 0.258. The lowest BCUT2D eigenvalue weighted by Crippen LogP contribution is -2.18. The lowest BCUT2D eigenvalue weighted by molar-refractivity contribution is 0.153. The van der Waals surface area contributed by atoms with Crippen molar-refractivity contribution in [1.29, 1.82) is 5.26 Å². The summed E-state index contributed by atoms with van der Waals surface area (Å²) in [6.07, 6.45) is 6.91. The average Bonchev–Trinajstić information content (AvgIpc) is 3.40. The van der Waals surface area contributed by atoms with E-state index in [4.69, 9.17) is 16.3 Å². The summed E-state index contributed by atoms with van der Waals surface area (Å²) in [4.78, 5) is 7.71. The predicted molar refractivity (Wildman–Crippen MR) is 125 cm³/mol. The number of nitrogens with one attached hydrogen (secondary N) is 3. The smallest absolute Gasteiger partial charge is 0.249 e. The van der Waals surface area contributed by atoms with Crippen LogP contribution in [0.1, 0.15) is 23.7 Å². The van der Waals surface area contributed by atoms with Crippen LogP contribution in [0.3, 0.4) is 0 Å². The maximum atomic E-state index is 13.7. The summed E-state index contributed by atoms with van der Waals surface area (Å²) < 4.78 is 32.5. The SMILES string of the molecule is N#Cc1cnc2c(Cl)cc(NC(C3=CCOCC3)c3c[nH]nn3)cc2c1Nc1cnc(F)c(F)c1. The van der Waals surface area contributed by atoms with E-state index >= 15 is 0 Å². The Balaban J connectivity index is 1.59. The molecule has 1 unspecified atom stereocenters. The van der Waals surface area contributed by atoms with E-state index in [0.717, 1.165) is 17.8 Å². The first-order valence-electron chi connectivity index (χ1n) is 10.5. The number of halogens is 3. The van der Waals surface area contributed by atoms with Crippen molar-refractivity contribution in [3.05, 3.63) is 76.5 Å². The van der Waals surface area contributed by atoms with Gasteiger partial charge in [0.25, 0.3) is 0 Å². The molecule has 0 saturated heterocycles. The zero-order chi connectivity index (χ0) is 24.4. The Hall–Kier alpha value is -4.14. The highest BCUT2D eigenvalue weighted by atomic mass is 35.5. The number of aromatic nitrogens is 5. The van der Waals surface area contributed by atoms with E-state index < -0.39 is 11.8 Å². The standard InChI is InChI=1S/C23H17ClF2N8O/c24-17-6-14(31-21(19-11-30-34-33-19)12-1-3-35-4-2-12)5-16-20(13(8-27)9-28-22(16)17)32-15-7-18(25)23(26)29-10-15/h1,5-7,9-11,21,31H,2-4H2,(H,28,32)(H,30,33,34). The fourth-order valence-corrected chi connectivity index (χ4v) is 4.14. The van der Waals surface area contributed by atoms with Gasteiger partial charge >= 0.3 is 0 Å². The molecule has 3 N–H and O–H groups in total. The summed E-state index contributed by atoms with van der Waals surface area (Å²) in [7, 11) is 0. The number of benzene rings is 1. The molecule has 0 aliphatic carbocycles. The highest BCUT2D eigenvalue weighted by molar-refractivity contribution is 6.36. The normalized spacial score (nSPS) is 14.3. The fraction of sp³-hybridized carbons (Fsp3) is 0.174. The highest BCUT2D eigenvalue weighted by Crippen LogP contribution is 2.37. The van der Waals surface area contributed by atoms with E-state index in [0.29, 0.717) is 52.6 Å². The minimum Gasteiger partial charge on any atom is -0.377 e. The average molecular weight is 495 g/mol. The zero-order valence-corrected chi connectivity index (χ0v) is 18.8. The summed E-state index contributed by atoms with van der Waals surface area (Å²) in [6, 6.07) is 6.22. The van der Waals surface area contributed by atoms with E-state index in [1.54, 1.807) is 18.3 Å². The number of H-pyrrole nitrogens is 1. The molecular formula is C23H17ClF2N8O. The minimum atomic E-state index is -1.22.